The van der Waals surface area contributed by atoms with Crippen molar-refractivity contribution < 1.29 is 19.4 Å². The van der Waals surface area contributed by atoms with Crippen molar-refractivity contribution in [3.8, 4) is 0 Å². The highest BCUT2D eigenvalue weighted by atomic mass is 16.6. The zero-order valence-corrected chi connectivity index (χ0v) is 14.0. The van der Waals surface area contributed by atoms with Crippen molar-refractivity contribution >= 4 is 23.1 Å². The summed E-state index contributed by atoms with van der Waals surface area (Å²) in [7, 11) is 0. The van der Waals surface area contributed by atoms with Crippen molar-refractivity contribution in [3.63, 3.8) is 0 Å². The number of hydrogen-bond donors (Lipinski definition) is 2. The lowest BCUT2D eigenvalue weighted by molar-refractivity contribution is -0.394. The first-order valence-corrected chi connectivity index (χ1v) is 7.55. The van der Waals surface area contributed by atoms with E-state index in [0.717, 1.165) is 23.8 Å². The molecule has 27 heavy (non-hydrogen) atoms. The van der Waals surface area contributed by atoms with Gasteiger partial charge in [-0.05, 0) is 6.92 Å². The molecule has 0 aromatic heterocycles. The number of nitro groups is 2. The van der Waals surface area contributed by atoms with Crippen molar-refractivity contribution in [2.45, 2.75) is 6.92 Å². The topological polar surface area (TPSA) is 144 Å². The smallest absolute Gasteiger partial charge is 0.277 e. The molecule has 10 heteroatoms. The van der Waals surface area contributed by atoms with Crippen LogP contribution < -0.4 is 10.9 Å². The molecule has 2 N–H and O–H groups in total. The zero-order valence-electron chi connectivity index (χ0n) is 14.0. The van der Waals surface area contributed by atoms with E-state index in [-0.39, 0.29) is 11.3 Å². The number of carbonyl (C=O) groups is 2. The Kier molecular flexibility index (Phi) is 5.94. The van der Waals surface area contributed by atoms with E-state index in [2.05, 4.69) is 10.9 Å². The quantitative estimate of drug-likeness (QED) is 0.329. The second kappa shape index (κ2) is 8.34. The van der Waals surface area contributed by atoms with E-state index in [1.165, 1.54) is 12.3 Å². The molecule has 0 radical (unpaired) electrons. The van der Waals surface area contributed by atoms with Crippen molar-refractivity contribution in [3.05, 3.63) is 91.7 Å². The van der Waals surface area contributed by atoms with Crippen LogP contribution in [0.15, 0.2) is 54.7 Å². The maximum absolute atomic E-state index is 12.0. The average Bonchev–Trinajstić information content (AvgIpc) is 2.64. The van der Waals surface area contributed by atoms with Crippen LogP contribution in [-0.2, 0) is 0 Å². The van der Waals surface area contributed by atoms with Gasteiger partial charge in [0.2, 0.25) is 0 Å². The first-order valence-electron chi connectivity index (χ1n) is 7.55. The molecule has 0 saturated heterocycles. The number of benzene rings is 2. The summed E-state index contributed by atoms with van der Waals surface area (Å²) in [5, 5.41) is 21.7. The minimum atomic E-state index is -0.839. The molecular weight excluding hydrogens is 356 g/mol. The van der Waals surface area contributed by atoms with Crippen molar-refractivity contribution in [2.75, 3.05) is 0 Å². The lowest BCUT2D eigenvalue weighted by atomic mass is 10.1. The van der Waals surface area contributed by atoms with Crippen LogP contribution in [0.25, 0.3) is 0 Å². The van der Waals surface area contributed by atoms with Crippen LogP contribution in [-0.4, -0.2) is 21.5 Å². The van der Waals surface area contributed by atoms with E-state index in [0.29, 0.717) is 5.56 Å². The lowest BCUT2D eigenvalue weighted by Crippen LogP contribution is -2.33. The standard InChI is InChI=1S/C17H14N4O6/c1-11-2-4-12(5-3-11)16(22)6-7-18-19-17(23)13-8-14(20(24)25)10-15(9-13)21(26)27/h2-10,18H,1H3,(H,19,23). The average molecular weight is 370 g/mol. The van der Waals surface area contributed by atoms with Gasteiger partial charge in [0, 0.05) is 30.0 Å². The summed E-state index contributed by atoms with van der Waals surface area (Å²) in [6, 6.07) is 9.45. The predicted octanol–water partition coefficient (Wildman–Crippen LogP) is 2.44. The Balaban J connectivity index is 2.03. The largest absolute Gasteiger partial charge is 0.305 e. The van der Waals surface area contributed by atoms with E-state index >= 15 is 0 Å². The monoisotopic (exact) mass is 370 g/mol. The summed E-state index contributed by atoms with van der Waals surface area (Å²) in [5.74, 6) is -1.14. The van der Waals surface area contributed by atoms with Crippen LogP contribution in [0, 0.1) is 27.2 Å². The van der Waals surface area contributed by atoms with Gasteiger partial charge in [0.15, 0.2) is 5.78 Å². The Morgan fingerprint density at radius 1 is 0.926 bits per heavy atom. The summed E-state index contributed by atoms with van der Waals surface area (Å²) < 4.78 is 0. The number of nitro benzene ring substituents is 2. The van der Waals surface area contributed by atoms with Gasteiger partial charge in [-0.3, -0.25) is 35.2 Å². The fourth-order valence-corrected chi connectivity index (χ4v) is 2.05. The number of amides is 1. The highest BCUT2D eigenvalue weighted by Crippen LogP contribution is 2.22. The molecule has 10 nitrogen and oxygen atoms in total. The number of hydrazine groups is 1. The molecule has 0 aliphatic rings. The highest BCUT2D eigenvalue weighted by molar-refractivity contribution is 6.04. The molecule has 2 aromatic carbocycles. The molecule has 0 spiro atoms. The number of carbonyl (C=O) groups excluding carboxylic acids is 2. The van der Waals surface area contributed by atoms with Crippen LogP contribution in [0.4, 0.5) is 11.4 Å². The zero-order chi connectivity index (χ0) is 20.0. The maximum Gasteiger partial charge on any atom is 0.277 e. The van der Waals surface area contributed by atoms with Gasteiger partial charge in [0.25, 0.3) is 17.3 Å². The first-order chi connectivity index (χ1) is 12.8. The third-order valence-corrected chi connectivity index (χ3v) is 3.43. The summed E-state index contributed by atoms with van der Waals surface area (Å²) in [4.78, 5) is 43.9. The number of rotatable bonds is 7. The third-order valence-electron chi connectivity index (χ3n) is 3.43. The predicted molar refractivity (Wildman–Crippen MR) is 95.0 cm³/mol. The molecule has 2 rings (SSSR count). The number of hydrogen-bond acceptors (Lipinski definition) is 7. The van der Waals surface area contributed by atoms with Crippen LogP contribution in [0.2, 0.25) is 0 Å². The van der Waals surface area contributed by atoms with E-state index in [1.807, 2.05) is 6.92 Å². The van der Waals surface area contributed by atoms with Gasteiger partial charge >= 0.3 is 0 Å². The van der Waals surface area contributed by atoms with E-state index in [4.69, 9.17) is 0 Å². The number of non-ortho nitro benzene ring substituents is 2. The molecule has 0 bridgehead atoms. The second-order valence-electron chi connectivity index (χ2n) is 5.41. The molecule has 0 saturated carbocycles. The minimum Gasteiger partial charge on any atom is -0.305 e. The van der Waals surface area contributed by atoms with Gasteiger partial charge in [0.05, 0.1) is 21.5 Å². The summed E-state index contributed by atoms with van der Waals surface area (Å²) in [5.41, 5.74) is 4.55. The fraction of sp³-hybridized carbons (Fsp3) is 0.0588. The van der Waals surface area contributed by atoms with Crippen molar-refractivity contribution in [1.29, 1.82) is 0 Å². The van der Waals surface area contributed by atoms with Gasteiger partial charge < -0.3 is 5.43 Å². The number of ketones is 1. The Morgan fingerprint density at radius 3 is 2.00 bits per heavy atom. The molecule has 138 valence electrons. The van der Waals surface area contributed by atoms with Crippen LogP contribution in [0.3, 0.4) is 0 Å². The maximum atomic E-state index is 12.0. The fourth-order valence-electron chi connectivity index (χ4n) is 2.05. The normalized spacial score (nSPS) is 10.4. The lowest BCUT2D eigenvalue weighted by Gasteiger charge is -2.04. The molecule has 0 fully saturated rings. The number of allylic oxidation sites excluding steroid dienone is 1. The Hall–Kier alpha value is -4.08. The van der Waals surface area contributed by atoms with E-state index < -0.39 is 27.1 Å². The summed E-state index contributed by atoms with van der Waals surface area (Å²) >= 11 is 0. The van der Waals surface area contributed by atoms with Gasteiger partial charge in [-0.15, -0.1) is 0 Å². The van der Waals surface area contributed by atoms with E-state index in [9.17, 15) is 29.8 Å². The molecule has 0 heterocycles. The summed E-state index contributed by atoms with van der Waals surface area (Å²) in [6.45, 7) is 1.89. The Morgan fingerprint density at radius 2 is 1.48 bits per heavy atom. The van der Waals surface area contributed by atoms with E-state index in [1.54, 1.807) is 24.3 Å². The second-order valence-corrected chi connectivity index (χ2v) is 5.41. The van der Waals surface area contributed by atoms with Gasteiger partial charge in [-0.2, -0.15) is 0 Å². The van der Waals surface area contributed by atoms with Crippen LogP contribution in [0.5, 0.6) is 0 Å². The molecule has 1 amide bonds. The highest BCUT2D eigenvalue weighted by Gasteiger charge is 2.19. The summed E-state index contributed by atoms with van der Waals surface area (Å²) in [6.07, 6.45) is 2.35. The SMILES string of the molecule is Cc1ccc(C(=O)C=CNNC(=O)c2cc([N+](=O)[O-])cc([N+](=O)[O-])c2)cc1. The Bertz CT molecular complexity index is 905. The van der Waals surface area contributed by atoms with Gasteiger partial charge in [0.1, 0.15) is 0 Å². The van der Waals surface area contributed by atoms with Crippen LogP contribution >= 0.6 is 0 Å². The molecule has 0 unspecified atom stereocenters. The molecule has 2 aromatic rings. The molecule has 0 aliphatic heterocycles. The third kappa shape index (κ3) is 5.19. The molecular formula is C17H14N4O6. The minimum absolute atomic E-state index is 0.276. The number of aryl methyl sites for hydroxylation is 1. The molecule has 0 aliphatic carbocycles. The Labute approximate surface area is 152 Å². The van der Waals surface area contributed by atoms with Crippen molar-refractivity contribution in [1.82, 2.24) is 10.9 Å². The first kappa shape index (κ1) is 19.2. The number of nitrogens with zero attached hydrogens (tertiary/aromatic N) is 2. The van der Waals surface area contributed by atoms with Crippen LogP contribution in [0.1, 0.15) is 26.3 Å². The van der Waals surface area contributed by atoms with Gasteiger partial charge in [-0.25, -0.2) is 0 Å². The number of nitrogens with one attached hydrogen (secondary N) is 2. The van der Waals surface area contributed by atoms with Gasteiger partial charge in [-0.1, -0.05) is 29.8 Å². The molecule has 0 atom stereocenters. The van der Waals surface area contributed by atoms with Crippen molar-refractivity contribution in [2.24, 2.45) is 0 Å².